The molecular formula is C11H22N2O2S. The van der Waals surface area contributed by atoms with E-state index in [0.717, 1.165) is 19.6 Å². The molecule has 2 N–H and O–H groups in total. The minimum Gasteiger partial charge on any atom is -0.383 e. The molecule has 4 nitrogen and oxygen atoms in total. The van der Waals surface area contributed by atoms with E-state index in [0.29, 0.717) is 17.8 Å². The van der Waals surface area contributed by atoms with Crippen molar-refractivity contribution in [3.8, 4) is 0 Å². The number of rotatable bonds is 5. The first-order valence-electron chi connectivity index (χ1n) is 5.87. The highest BCUT2D eigenvalue weighted by Crippen LogP contribution is 2.11. The van der Waals surface area contributed by atoms with Crippen LogP contribution in [-0.2, 0) is 9.47 Å². The van der Waals surface area contributed by atoms with E-state index in [1.807, 2.05) is 6.92 Å². The Balaban J connectivity index is 2.09. The van der Waals surface area contributed by atoms with Crippen molar-refractivity contribution in [3.63, 3.8) is 0 Å². The summed E-state index contributed by atoms with van der Waals surface area (Å²) in [5.74, 6) is 0. The van der Waals surface area contributed by atoms with Crippen LogP contribution in [0.25, 0.3) is 0 Å². The van der Waals surface area contributed by atoms with Gasteiger partial charge in [-0.3, -0.25) is 0 Å². The molecule has 94 valence electrons. The van der Waals surface area contributed by atoms with Crippen molar-refractivity contribution in [2.24, 2.45) is 0 Å². The molecule has 0 aromatic heterocycles. The molecule has 0 saturated carbocycles. The van der Waals surface area contributed by atoms with E-state index in [9.17, 15) is 0 Å². The molecule has 1 rings (SSSR count). The van der Waals surface area contributed by atoms with Crippen molar-refractivity contribution in [2.75, 3.05) is 26.9 Å². The molecular weight excluding hydrogens is 224 g/mol. The summed E-state index contributed by atoms with van der Waals surface area (Å²) in [6.45, 7) is 4.37. The van der Waals surface area contributed by atoms with Gasteiger partial charge in [-0.25, -0.2) is 0 Å². The number of thiocarbonyl (C=S) groups is 1. The average Bonchev–Trinajstić information content (AvgIpc) is 2.28. The molecule has 0 amide bonds. The van der Waals surface area contributed by atoms with Crippen LogP contribution in [0, 0.1) is 0 Å². The molecule has 5 heteroatoms. The largest absolute Gasteiger partial charge is 0.383 e. The van der Waals surface area contributed by atoms with Gasteiger partial charge in [0.1, 0.15) is 0 Å². The van der Waals surface area contributed by atoms with Crippen molar-refractivity contribution in [1.29, 1.82) is 0 Å². The third-order valence-corrected chi connectivity index (χ3v) is 2.82. The minimum absolute atomic E-state index is 0.234. The van der Waals surface area contributed by atoms with E-state index in [2.05, 4.69) is 10.6 Å². The lowest BCUT2D eigenvalue weighted by Gasteiger charge is -2.24. The van der Waals surface area contributed by atoms with Crippen LogP contribution in [-0.4, -0.2) is 44.1 Å². The van der Waals surface area contributed by atoms with Crippen molar-refractivity contribution in [2.45, 2.75) is 38.3 Å². The number of hydrogen-bond donors (Lipinski definition) is 2. The summed E-state index contributed by atoms with van der Waals surface area (Å²) in [6.07, 6.45) is 3.88. The zero-order valence-electron chi connectivity index (χ0n) is 10.1. The summed E-state index contributed by atoms with van der Waals surface area (Å²) >= 11 is 5.18. The second kappa shape index (κ2) is 7.81. The van der Waals surface area contributed by atoms with E-state index in [1.165, 1.54) is 12.8 Å². The third-order valence-electron chi connectivity index (χ3n) is 2.56. The Kier molecular flexibility index (Phi) is 6.68. The summed E-state index contributed by atoms with van der Waals surface area (Å²) in [4.78, 5) is 0. The van der Waals surface area contributed by atoms with E-state index < -0.39 is 0 Å². The number of nitrogens with one attached hydrogen (secondary N) is 2. The Morgan fingerprint density at radius 3 is 3.00 bits per heavy atom. The third kappa shape index (κ3) is 5.63. The lowest BCUT2D eigenvalue weighted by molar-refractivity contribution is 0.0195. The maximum Gasteiger partial charge on any atom is 0.166 e. The number of methoxy groups -OCH3 is 1. The Hall–Kier alpha value is -0.390. The van der Waals surface area contributed by atoms with E-state index in [4.69, 9.17) is 21.7 Å². The topological polar surface area (TPSA) is 42.5 Å². The average molecular weight is 246 g/mol. The van der Waals surface area contributed by atoms with Gasteiger partial charge in [-0.1, -0.05) is 0 Å². The summed E-state index contributed by atoms with van der Waals surface area (Å²) in [7, 11) is 1.69. The van der Waals surface area contributed by atoms with Crippen LogP contribution in [0.5, 0.6) is 0 Å². The fraction of sp³-hybridized carbons (Fsp3) is 0.909. The maximum absolute atomic E-state index is 5.61. The second-order valence-electron chi connectivity index (χ2n) is 4.20. The van der Waals surface area contributed by atoms with Crippen molar-refractivity contribution < 1.29 is 9.47 Å². The quantitative estimate of drug-likeness (QED) is 0.710. The minimum atomic E-state index is 0.234. The Morgan fingerprint density at radius 2 is 2.38 bits per heavy atom. The fourth-order valence-corrected chi connectivity index (χ4v) is 2.03. The van der Waals surface area contributed by atoms with Crippen LogP contribution in [0.2, 0.25) is 0 Å². The summed E-state index contributed by atoms with van der Waals surface area (Å²) < 4.78 is 10.6. The zero-order chi connectivity index (χ0) is 11.8. The van der Waals surface area contributed by atoms with Gasteiger partial charge in [-0.2, -0.15) is 0 Å². The van der Waals surface area contributed by atoms with Crippen LogP contribution in [0.4, 0.5) is 0 Å². The van der Waals surface area contributed by atoms with E-state index in [-0.39, 0.29) is 6.04 Å². The number of hydrogen-bond acceptors (Lipinski definition) is 3. The molecule has 0 spiro atoms. The molecule has 1 heterocycles. The molecule has 0 aliphatic carbocycles. The Morgan fingerprint density at radius 1 is 1.56 bits per heavy atom. The highest BCUT2D eigenvalue weighted by molar-refractivity contribution is 7.80. The van der Waals surface area contributed by atoms with Gasteiger partial charge in [0.05, 0.1) is 12.7 Å². The lowest BCUT2D eigenvalue weighted by Crippen LogP contribution is -2.45. The van der Waals surface area contributed by atoms with Gasteiger partial charge >= 0.3 is 0 Å². The van der Waals surface area contributed by atoms with Gasteiger partial charge in [0, 0.05) is 26.3 Å². The van der Waals surface area contributed by atoms with Crippen LogP contribution in [0.1, 0.15) is 26.2 Å². The normalized spacial score (nSPS) is 22.5. The predicted octanol–water partition coefficient (Wildman–Crippen LogP) is 1.05. The molecule has 1 aliphatic rings. The van der Waals surface area contributed by atoms with Gasteiger partial charge in [0.15, 0.2) is 5.11 Å². The molecule has 2 unspecified atom stereocenters. The molecule has 0 aromatic rings. The predicted molar refractivity (Wildman–Crippen MR) is 68.7 cm³/mol. The lowest BCUT2D eigenvalue weighted by atomic mass is 10.1. The fourth-order valence-electron chi connectivity index (χ4n) is 1.74. The van der Waals surface area contributed by atoms with Crippen molar-refractivity contribution in [3.05, 3.63) is 0 Å². The number of ether oxygens (including phenoxy) is 2. The van der Waals surface area contributed by atoms with E-state index >= 15 is 0 Å². The first-order valence-corrected chi connectivity index (χ1v) is 6.28. The summed E-state index contributed by atoms with van der Waals surface area (Å²) in [6, 6.07) is 0.234. The van der Waals surface area contributed by atoms with Gasteiger partial charge in [-0.15, -0.1) is 0 Å². The Labute approximate surface area is 103 Å². The summed E-state index contributed by atoms with van der Waals surface area (Å²) in [5.41, 5.74) is 0. The molecule has 0 bridgehead atoms. The highest BCUT2D eigenvalue weighted by atomic mass is 32.1. The molecule has 1 aliphatic heterocycles. The first-order chi connectivity index (χ1) is 7.72. The molecule has 0 aromatic carbocycles. The van der Waals surface area contributed by atoms with Crippen LogP contribution in [0.3, 0.4) is 0 Å². The molecule has 1 fully saturated rings. The van der Waals surface area contributed by atoms with Crippen LogP contribution < -0.4 is 10.6 Å². The second-order valence-corrected chi connectivity index (χ2v) is 4.61. The first kappa shape index (κ1) is 13.7. The van der Waals surface area contributed by atoms with Gasteiger partial charge in [0.25, 0.3) is 0 Å². The van der Waals surface area contributed by atoms with Crippen LogP contribution in [0.15, 0.2) is 0 Å². The SMILES string of the molecule is COCC(C)NC(=S)NCC1CCCCO1. The zero-order valence-corrected chi connectivity index (χ0v) is 10.9. The van der Waals surface area contributed by atoms with Gasteiger partial charge in [-0.05, 0) is 38.4 Å². The highest BCUT2D eigenvalue weighted by Gasteiger charge is 2.13. The standard InChI is InChI=1S/C11H22N2O2S/c1-9(8-14-2)13-11(16)12-7-10-5-3-4-6-15-10/h9-10H,3-8H2,1-2H3,(H2,12,13,16). The molecule has 16 heavy (non-hydrogen) atoms. The monoisotopic (exact) mass is 246 g/mol. The summed E-state index contributed by atoms with van der Waals surface area (Å²) in [5, 5.41) is 7.02. The maximum atomic E-state index is 5.61. The van der Waals surface area contributed by atoms with Crippen molar-refractivity contribution >= 4 is 17.3 Å². The molecule has 0 radical (unpaired) electrons. The van der Waals surface area contributed by atoms with E-state index in [1.54, 1.807) is 7.11 Å². The van der Waals surface area contributed by atoms with Crippen molar-refractivity contribution in [1.82, 2.24) is 10.6 Å². The Bertz CT molecular complexity index is 208. The smallest absolute Gasteiger partial charge is 0.166 e. The molecule has 2 atom stereocenters. The van der Waals surface area contributed by atoms with Crippen LogP contribution >= 0.6 is 12.2 Å². The van der Waals surface area contributed by atoms with Gasteiger partial charge < -0.3 is 20.1 Å². The molecule has 1 saturated heterocycles. The van der Waals surface area contributed by atoms with Gasteiger partial charge in [0.2, 0.25) is 0 Å².